The van der Waals surface area contributed by atoms with Gasteiger partial charge in [-0.1, -0.05) is 11.6 Å². The van der Waals surface area contributed by atoms with Crippen molar-refractivity contribution in [3.05, 3.63) is 22.7 Å². The molecular weight excluding hydrogens is 405 g/mol. The van der Waals surface area contributed by atoms with Crippen LogP contribution in [0.3, 0.4) is 0 Å². The molecule has 2 heterocycles. The average Bonchev–Trinajstić information content (AvgIpc) is 2.48. The number of nitrogens with zero attached hydrogens (tertiary/aromatic N) is 1. The second-order valence-corrected chi connectivity index (χ2v) is 5.20. The number of halogens is 2. The number of hydrogen-bond acceptors (Lipinski definition) is 5. The van der Waals surface area contributed by atoms with Crippen LogP contribution in [-0.2, 0) is 6.42 Å². The molecule has 5 nitrogen and oxygen atoms in total. The summed E-state index contributed by atoms with van der Waals surface area (Å²) in [6, 6.07) is 3.94. The first-order chi connectivity index (χ1) is 9.83. The topological polar surface area (TPSA) is 54.9 Å². The maximum atomic E-state index is 6.21. The first-order valence-corrected chi connectivity index (χ1v) is 7.31. The predicted octanol–water partition coefficient (Wildman–Crippen LogP) is 2.21. The van der Waals surface area contributed by atoms with Crippen molar-refractivity contribution >= 4 is 41.5 Å². The highest BCUT2D eigenvalue weighted by atomic mass is 127. The second kappa shape index (κ2) is 7.93. The zero-order valence-corrected chi connectivity index (χ0v) is 14.7. The average molecular weight is 424 g/mol. The molecule has 116 valence electrons. The molecule has 2 N–H and O–H groups in total. The molecule has 0 saturated heterocycles. The lowest BCUT2D eigenvalue weighted by molar-refractivity contribution is 0.171. The standard InChI is InChI=1S/C14H18ClN3O2.HI/c15-11-8-10(9-12-13(11)20-7-6-19-12)2-5-18-14-16-3-1-4-17-14;/h8-9H,1-7H2,(H2,16,17,18);1H. The molecular formula is C14H19ClIN3O2. The number of fused-ring (bicyclic) bond motifs is 1. The molecule has 1 aromatic carbocycles. The molecule has 0 aromatic heterocycles. The molecule has 3 rings (SSSR count). The summed E-state index contributed by atoms with van der Waals surface area (Å²) in [6.45, 7) is 3.82. The molecule has 0 saturated carbocycles. The van der Waals surface area contributed by atoms with Gasteiger partial charge < -0.3 is 20.1 Å². The number of rotatable bonds is 3. The largest absolute Gasteiger partial charge is 0.486 e. The Morgan fingerprint density at radius 1 is 1.29 bits per heavy atom. The maximum Gasteiger partial charge on any atom is 0.191 e. The third kappa shape index (κ3) is 4.29. The molecule has 2 aliphatic rings. The van der Waals surface area contributed by atoms with Crippen molar-refractivity contribution < 1.29 is 9.47 Å². The first kappa shape index (κ1) is 16.5. The smallest absolute Gasteiger partial charge is 0.191 e. The van der Waals surface area contributed by atoms with Crippen LogP contribution >= 0.6 is 35.6 Å². The summed E-state index contributed by atoms with van der Waals surface area (Å²) in [4.78, 5) is 4.37. The van der Waals surface area contributed by atoms with Crippen molar-refractivity contribution in [3.8, 4) is 11.5 Å². The lowest BCUT2D eigenvalue weighted by Crippen LogP contribution is -2.41. The van der Waals surface area contributed by atoms with Crippen LogP contribution in [0.2, 0.25) is 5.02 Å². The van der Waals surface area contributed by atoms with Gasteiger partial charge in [0.15, 0.2) is 17.5 Å². The summed E-state index contributed by atoms with van der Waals surface area (Å²) in [7, 11) is 0. The van der Waals surface area contributed by atoms with Gasteiger partial charge >= 0.3 is 0 Å². The lowest BCUT2D eigenvalue weighted by atomic mass is 10.1. The van der Waals surface area contributed by atoms with E-state index in [1.54, 1.807) is 0 Å². The summed E-state index contributed by atoms with van der Waals surface area (Å²) in [5.74, 6) is 2.29. The van der Waals surface area contributed by atoms with Crippen molar-refractivity contribution in [2.45, 2.75) is 12.8 Å². The number of nitrogens with one attached hydrogen (secondary N) is 2. The van der Waals surface area contributed by atoms with Crippen molar-refractivity contribution in [3.63, 3.8) is 0 Å². The third-order valence-electron chi connectivity index (χ3n) is 3.26. The Morgan fingerprint density at radius 2 is 2.14 bits per heavy atom. The zero-order valence-electron chi connectivity index (χ0n) is 11.7. The highest BCUT2D eigenvalue weighted by Gasteiger charge is 2.16. The van der Waals surface area contributed by atoms with Crippen LogP contribution in [-0.4, -0.2) is 38.8 Å². The number of guanidine groups is 1. The molecule has 0 radical (unpaired) electrons. The van der Waals surface area contributed by atoms with Gasteiger partial charge in [0.25, 0.3) is 0 Å². The van der Waals surface area contributed by atoms with E-state index >= 15 is 0 Å². The summed E-state index contributed by atoms with van der Waals surface area (Å²) in [6.07, 6.45) is 1.96. The highest BCUT2D eigenvalue weighted by molar-refractivity contribution is 14.0. The normalized spacial score (nSPS) is 16.3. The van der Waals surface area contributed by atoms with Gasteiger partial charge in [0.05, 0.1) is 5.02 Å². The van der Waals surface area contributed by atoms with Crippen molar-refractivity contribution in [1.82, 2.24) is 10.6 Å². The van der Waals surface area contributed by atoms with Gasteiger partial charge in [0.1, 0.15) is 13.2 Å². The monoisotopic (exact) mass is 423 g/mol. The fraction of sp³-hybridized carbons (Fsp3) is 0.500. The van der Waals surface area contributed by atoms with Gasteiger partial charge in [-0.3, -0.25) is 4.99 Å². The van der Waals surface area contributed by atoms with Gasteiger partial charge in [-0.15, -0.1) is 24.0 Å². The van der Waals surface area contributed by atoms with E-state index in [1.165, 1.54) is 0 Å². The van der Waals surface area contributed by atoms with E-state index in [0.717, 1.165) is 49.7 Å². The first-order valence-electron chi connectivity index (χ1n) is 6.93. The molecule has 7 heteroatoms. The Labute approximate surface area is 146 Å². The van der Waals surface area contributed by atoms with E-state index in [-0.39, 0.29) is 24.0 Å². The van der Waals surface area contributed by atoms with Gasteiger partial charge in [-0.2, -0.15) is 0 Å². The van der Waals surface area contributed by atoms with Gasteiger partial charge in [-0.05, 0) is 30.5 Å². The summed E-state index contributed by atoms with van der Waals surface area (Å²) < 4.78 is 11.1. The molecule has 0 fully saturated rings. The molecule has 0 amide bonds. The molecule has 0 unspecified atom stereocenters. The Balaban J connectivity index is 0.00000161. The third-order valence-corrected chi connectivity index (χ3v) is 3.54. The lowest BCUT2D eigenvalue weighted by Gasteiger charge is -2.20. The SMILES string of the molecule is Clc1cc(CCNC2=NCCCN2)cc2c1OCCO2.I. The number of aliphatic imine (C=N–C) groups is 1. The van der Waals surface area contributed by atoms with Crippen molar-refractivity contribution in [2.75, 3.05) is 32.8 Å². The van der Waals surface area contributed by atoms with E-state index in [1.807, 2.05) is 12.1 Å². The quantitative estimate of drug-likeness (QED) is 0.732. The summed E-state index contributed by atoms with van der Waals surface area (Å²) >= 11 is 6.21. The van der Waals surface area contributed by atoms with Crippen LogP contribution in [0, 0.1) is 0 Å². The van der Waals surface area contributed by atoms with E-state index < -0.39 is 0 Å². The van der Waals surface area contributed by atoms with Crippen LogP contribution in [0.4, 0.5) is 0 Å². The highest BCUT2D eigenvalue weighted by Crippen LogP contribution is 2.38. The van der Waals surface area contributed by atoms with Crippen LogP contribution in [0.1, 0.15) is 12.0 Å². The van der Waals surface area contributed by atoms with Crippen LogP contribution in [0.5, 0.6) is 11.5 Å². The fourth-order valence-electron chi connectivity index (χ4n) is 2.28. The summed E-state index contributed by atoms with van der Waals surface area (Å²) in [5, 5.41) is 7.14. The molecule has 2 aliphatic heterocycles. The Morgan fingerprint density at radius 3 is 2.95 bits per heavy atom. The van der Waals surface area contributed by atoms with Gasteiger partial charge in [0.2, 0.25) is 0 Å². The zero-order chi connectivity index (χ0) is 13.8. The van der Waals surface area contributed by atoms with Crippen LogP contribution in [0.15, 0.2) is 17.1 Å². The molecule has 1 aromatic rings. The Bertz CT molecular complexity index is 525. The minimum absolute atomic E-state index is 0. The van der Waals surface area contributed by atoms with Crippen molar-refractivity contribution in [1.29, 1.82) is 0 Å². The van der Waals surface area contributed by atoms with E-state index in [4.69, 9.17) is 21.1 Å². The van der Waals surface area contributed by atoms with Crippen LogP contribution in [0.25, 0.3) is 0 Å². The number of benzene rings is 1. The number of ether oxygens (including phenoxy) is 2. The molecule has 0 aliphatic carbocycles. The minimum Gasteiger partial charge on any atom is -0.486 e. The van der Waals surface area contributed by atoms with Gasteiger partial charge in [0, 0.05) is 19.6 Å². The van der Waals surface area contributed by atoms with Crippen molar-refractivity contribution in [2.24, 2.45) is 4.99 Å². The molecule has 0 spiro atoms. The van der Waals surface area contributed by atoms with Crippen LogP contribution < -0.4 is 20.1 Å². The second-order valence-electron chi connectivity index (χ2n) is 4.79. The summed E-state index contributed by atoms with van der Waals surface area (Å²) in [5.41, 5.74) is 1.13. The van der Waals surface area contributed by atoms with E-state index in [0.29, 0.717) is 24.0 Å². The number of hydrogen-bond donors (Lipinski definition) is 2. The Hall–Kier alpha value is -0.890. The van der Waals surface area contributed by atoms with E-state index in [2.05, 4.69) is 15.6 Å². The molecule has 0 bridgehead atoms. The predicted molar refractivity (Wildman–Crippen MR) is 94.5 cm³/mol. The minimum atomic E-state index is 0. The Kier molecular flexibility index (Phi) is 6.22. The van der Waals surface area contributed by atoms with E-state index in [9.17, 15) is 0 Å². The maximum absolute atomic E-state index is 6.21. The molecule has 0 atom stereocenters. The van der Waals surface area contributed by atoms with Gasteiger partial charge in [-0.25, -0.2) is 0 Å². The molecule has 21 heavy (non-hydrogen) atoms. The fourth-order valence-corrected chi connectivity index (χ4v) is 2.57.